The molecule has 0 aliphatic carbocycles. The minimum absolute atomic E-state index is 0.0704. The number of benzene rings is 1. The zero-order chi connectivity index (χ0) is 12.8. The van der Waals surface area contributed by atoms with E-state index in [0.717, 1.165) is 0 Å². The van der Waals surface area contributed by atoms with Crippen molar-refractivity contribution in [2.75, 3.05) is 18.9 Å². The molecule has 0 spiro atoms. The Morgan fingerprint density at radius 2 is 2.12 bits per heavy atom. The van der Waals surface area contributed by atoms with Crippen LogP contribution in [0.4, 0.5) is 5.69 Å². The van der Waals surface area contributed by atoms with Gasteiger partial charge in [-0.25, -0.2) is 0 Å². The molecule has 0 radical (unpaired) electrons. The van der Waals surface area contributed by atoms with Crippen LogP contribution in [0.25, 0.3) is 0 Å². The Balaban J connectivity index is 2.61. The van der Waals surface area contributed by atoms with Gasteiger partial charge in [0.15, 0.2) is 6.61 Å². The summed E-state index contributed by atoms with van der Waals surface area (Å²) in [6.07, 6.45) is 0. The molecule has 0 saturated heterocycles. The summed E-state index contributed by atoms with van der Waals surface area (Å²) >= 11 is 11.5. The summed E-state index contributed by atoms with van der Waals surface area (Å²) < 4.78 is 5.14. The Bertz CT molecular complexity index is 471. The third-order valence-electron chi connectivity index (χ3n) is 1.78. The van der Waals surface area contributed by atoms with Gasteiger partial charge in [0.1, 0.15) is 12.3 Å². The second-order valence-electron chi connectivity index (χ2n) is 3.03. The second kappa shape index (κ2) is 6.18. The number of ether oxygens (including phenoxy) is 1. The number of nitrogens with two attached hydrogens (primary N) is 1. The zero-order valence-corrected chi connectivity index (χ0v) is 10.2. The van der Waals surface area contributed by atoms with Gasteiger partial charge in [0.2, 0.25) is 0 Å². The standard InChI is InChI=1S/C10H9Cl2N3O2/c11-6-3-8(14)9(4-7(6)12)17-5-10(16)15-2-1-13/h3-4H,2,5,14H2,(H,15,16). The highest BCUT2D eigenvalue weighted by Gasteiger charge is 2.08. The van der Waals surface area contributed by atoms with E-state index in [2.05, 4.69) is 5.32 Å². The maximum atomic E-state index is 11.2. The molecule has 1 aromatic rings. The Labute approximate surface area is 108 Å². The van der Waals surface area contributed by atoms with Gasteiger partial charge in [-0.05, 0) is 6.07 Å². The summed E-state index contributed by atoms with van der Waals surface area (Å²) in [7, 11) is 0. The number of halogens is 2. The van der Waals surface area contributed by atoms with Gasteiger partial charge < -0.3 is 15.8 Å². The van der Waals surface area contributed by atoms with E-state index in [0.29, 0.717) is 5.02 Å². The molecular formula is C10H9Cl2N3O2. The molecule has 7 heteroatoms. The molecular weight excluding hydrogens is 265 g/mol. The predicted octanol–water partition coefficient (Wildman–Crippen LogP) is 1.59. The van der Waals surface area contributed by atoms with Gasteiger partial charge in [-0.2, -0.15) is 5.26 Å². The van der Waals surface area contributed by atoms with Crippen LogP contribution in [0.2, 0.25) is 10.0 Å². The fourth-order valence-electron chi connectivity index (χ4n) is 1.00. The lowest BCUT2D eigenvalue weighted by Crippen LogP contribution is -2.29. The number of amides is 1. The van der Waals surface area contributed by atoms with Crippen molar-refractivity contribution in [1.29, 1.82) is 5.26 Å². The summed E-state index contributed by atoms with van der Waals surface area (Å²) in [5, 5.41) is 11.2. The number of anilines is 1. The molecule has 5 nitrogen and oxygen atoms in total. The lowest BCUT2D eigenvalue weighted by Gasteiger charge is -2.09. The maximum absolute atomic E-state index is 11.2. The van der Waals surface area contributed by atoms with Gasteiger partial charge in [-0.3, -0.25) is 4.79 Å². The van der Waals surface area contributed by atoms with Crippen LogP contribution in [0.3, 0.4) is 0 Å². The molecule has 90 valence electrons. The molecule has 0 heterocycles. The first-order valence-corrected chi connectivity index (χ1v) is 5.31. The molecule has 0 unspecified atom stereocenters. The first-order valence-electron chi connectivity index (χ1n) is 4.55. The quantitative estimate of drug-likeness (QED) is 0.644. The van der Waals surface area contributed by atoms with Crippen molar-refractivity contribution in [1.82, 2.24) is 5.32 Å². The molecule has 0 aromatic heterocycles. The lowest BCUT2D eigenvalue weighted by molar-refractivity contribution is -0.122. The van der Waals surface area contributed by atoms with Crippen molar-refractivity contribution < 1.29 is 9.53 Å². The van der Waals surface area contributed by atoms with Crippen LogP contribution in [-0.4, -0.2) is 19.1 Å². The third-order valence-corrected chi connectivity index (χ3v) is 2.50. The number of nitriles is 1. The van der Waals surface area contributed by atoms with Gasteiger partial charge >= 0.3 is 0 Å². The highest BCUT2D eigenvalue weighted by Crippen LogP contribution is 2.32. The normalized spacial score (nSPS) is 9.47. The monoisotopic (exact) mass is 273 g/mol. The van der Waals surface area contributed by atoms with Gasteiger partial charge in [0.05, 0.1) is 21.8 Å². The Kier molecular flexibility index (Phi) is 4.88. The molecule has 1 aromatic carbocycles. The molecule has 17 heavy (non-hydrogen) atoms. The molecule has 0 aliphatic rings. The molecule has 0 saturated carbocycles. The second-order valence-corrected chi connectivity index (χ2v) is 3.84. The highest BCUT2D eigenvalue weighted by atomic mass is 35.5. The first kappa shape index (κ1) is 13.4. The predicted molar refractivity (Wildman–Crippen MR) is 65.0 cm³/mol. The van der Waals surface area contributed by atoms with Crippen molar-refractivity contribution in [2.24, 2.45) is 0 Å². The number of carbonyl (C=O) groups is 1. The highest BCUT2D eigenvalue weighted by molar-refractivity contribution is 6.42. The summed E-state index contributed by atoms with van der Waals surface area (Å²) in [5.74, 6) is -0.150. The number of hydrogen-bond acceptors (Lipinski definition) is 4. The van der Waals surface area contributed by atoms with Crippen molar-refractivity contribution in [3.8, 4) is 11.8 Å². The molecule has 1 amide bonds. The van der Waals surface area contributed by atoms with E-state index in [1.807, 2.05) is 0 Å². The first-order chi connectivity index (χ1) is 8.04. The number of nitrogens with zero attached hydrogens (tertiary/aromatic N) is 1. The largest absolute Gasteiger partial charge is 0.482 e. The van der Waals surface area contributed by atoms with Crippen LogP contribution < -0.4 is 15.8 Å². The van der Waals surface area contributed by atoms with Crippen molar-refractivity contribution in [3.05, 3.63) is 22.2 Å². The Hall–Kier alpha value is -1.64. The summed E-state index contributed by atoms with van der Waals surface area (Å²) in [5.41, 5.74) is 5.91. The molecule has 0 bridgehead atoms. The van der Waals surface area contributed by atoms with Gasteiger partial charge in [0.25, 0.3) is 5.91 Å². The van der Waals surface area contributed by atoms with Crippen molar-refractivity contribution in [2.45, 2.75) is 0 Å². The lowest BCUT2D eigenvalue weighted by atomic mass is 10.3. The number of nitrogens with one attached hydrogen (secondary N) is 1. The van der Waals surface area contributed by atoms with E-state index in [9.17, 15) is 4.79 Å². The van der Waals surface area contributed by atoms with Crippen LogP contribution in [0.15, 0.2) is 12.1 Å². The Morgan fingerprint density at radius 1 is 1.47 bits per heavy atom. The number of hydrogen-bond donors (Lipinski definition) is 2. The molecule has 1 rings (SSSR count). The average Bonchev–Trinajstić information content (AvgIpc) is 2.29. The zero-order valence-electron chi connectivity index (χ0n) is 8.67. The van der Waals surface area contributed by atoms with Gasteiger partial charge in [-0.15, -0.1) is 0 Å². The number of nitrogen functional groups attached to an aromatic ring is 1. The summed E-state index contributed by atoms with van der Waals surface area (Å²) in [4.78, 5) is 11.2. The SMILES string of the molecule is N#CCNC(=O)COc1cc(Cl)c(Cl)cc1N. The topological polar surface area (TPSA) is 88.1 Å². The smallest absolute Gasteiger partial charge is 0.258 e. The van der Waals surface area contributed by atoms with Crippen LogP contribution in [0.5, 0.6) is 5.75 Å². The fraction of sp³-hybridized carbons (Fsp3) is 0.200. The van der Waals surface area contributed by atoms with E-state index in [1.165, 1.54) is 12.1 Å². The van der Waals surface area contributed by atoms with Crippen molar-refractivity contribution >= 4 is 34.8 Å². The minimum atomic E-state index is -0.419. The molecule has 0 fully saturated rings. The molecule has 0 aliphatic heterocycles. The van der Waals surface area contributed by atoms with Gasteiger partial charge in [-0.1, -0.05) is 23.2 Å². The molecule has 0 atom stereocenters. The van der Waals surface area contributed by atoms with E-state index in [-0.39, 0.29) is 29.6 Å². The van der Waals surface area contributed by atoms with Gasteiger partial charge in [0, 0.05) is 6.07 Å². The van der Waals surface area contributed by atoms with E-state index < -0.39 is 5.91 Å². The van der Waals surface area contributed by atoms with E-state index >= 15 is 0 Å². The summed E-state index contributed by atoms with van der Waals surface area (Å²) in [6, 6.07) is 4.64. The van der Waals surface area contributed by atoms with Crippen LogP contribution >= 0.6 is 23.2 Å². The fourth-order valence-corrected chi connectivity index (χ4v) is 1.33. The molecule has 3 N–H and O–H groups in total. The van der Waals surface area contributed by atoms with E-state index in [1.54, 1.807) is 6.07 Å². The summed E-state index contributed by atoms with van der Waals surface area (Å²) in [6.45, 7) is -0.317. The van der Waals surface area contributed by atoms with Crippen LogP contribution in [-0.2, 0) is 4.79 Å². The number of carbonyl (C=O) groups excluding carboxylic acids is 1. The van der Waals surface area contributed by atoms with Crippen molar-refractivity contribution in [3.63, 3.8) is 0 Å². The third kappa shape index (κ3) is 4.02. The van der Waals surface area contributed by atoms with E-state index in [4.69, 9.17) is 38.9 Å². The number of rotatable bonds is 4. The Morgan fingerprint density at radius 3 is 2.76 bits per heavy atom. The minimum Gasteiger partial charge on any atom is -0.482 e. The van der Waals surface area contributed by atoms with Crippen LogP contribution in [0, 0.1) is 11.3 Å². The average molecular weight is 274 g/mol. The maximum Gasteiger partial charge on any atom is 0.258 e. The van der Waals surface area contributed by atoms with Crippen LogP contribution in [0.1, 0.15) is 0 Å².